The van der Waals surface area contributed by atoms with Crippen molar-refractivity contribution in [3.63, 3.8) is 0 Å². The first kappa shape index (κ1) is 25.2. The van der Waals surface area contributed by atoms with Gasteiger partial charge in [0, 0.05) is 0 Å². The van der Waals surface area contributed by atoms with Crippen molar-refractivity contribution in [3.8, 4) is 11.5 Å². The van der Waals surface area contributed by atoms with Gasteiger partial charge in [0.25, 0.3) is 11.1 Å². The minimum absolute atomic E-state index is 0.245. The molecule has 4 rings (SSSR count). The molecule has 0 N–H and O–H groups in total. The number of benzene rings is 3. The van der Waals surface area contributed by atoms with E-state index in [2.05, 4.69) is 0 Å². The Morgan fingerprint density at radius 1 is 0.914 bits per heavy atom. The van der Waals surface area contributed by atoms with Gasteiger partial charge in [-0.1, -0.05) is 65.2 Å². The number of rotatable bonds is 8. The number of nitrogens with zero attached hydrogens (tertiary/aromatic N) is 1. The van der Waals surface area contributed by atoms with Crippen LogP contribution in [0.2, 0.25) is 10.0 Å². The quantitative estimate of drug-likeness (QED) is 0.283. The average molecular weight is 528 g/mol. The highest BCUT2D eigenvalue weighted by molar-refractivity contribution is 8.18. The SMILES string of the molecule is CCOc1cc(/C=C2/SC(=O)N(Cc3cccc(C)c3)C2=O)ccc1OCc1ccc(Cl)c(Cl)c1. The van der Waals surface area contributed by atoms with E-state index < -0.39 is 0 Å². The number of carbonyl (C=O) groups excluding carboxylic acids is 2. The Balaban J connectivity index is 1.50. The molecule has 5 nitrogen and oxygen atoms in total. The largest absolute Gasteiger partial charge is 0.490 e. The molecule has 0 radical (unpaired) electrons. The van der Waals surface area contributed by atoms with Gasteiger partial charge in [0.1, 0.15) is 6.61 Å². The molecular weight excluding hydrogens is 505 g/mol. The van der Waals surface area contributed by atoms with E-state index in [1.165, 1.54) is 4.90 Å². The van der Waals surface area contributed by atoms with E-state index in [0.717, 1.165) is 34.0 Å². The zero-order valence-corrected chi connectivity index (χ0v) is 21.5. The van der Waals surface area contributed by atoms with Crippen molar-refractivity contribution in [3.05, 3.63) is 97.9 Å². The molecule has 3 aromatic carbocycles. The highest BCUT2D eigenvalue weighted by atomic mass is 35.5. The Bertz CT molecular complexity index is 1310. The summed E-state index contributed by atoms with van der Waals surface area (Å²) in [5, 5.41) is 0.664. The number of hydrogen-bond donors (Lipinski definition) is 0. The maximum atomic E-state index is 12.9. The second-order valence-corrected chi connectivity index (χ2v) is 9.74. The summed E-state index contributed by atoms with van der Waals surface area (Å²) in [6.07, 6.45) is 1.70. The number of hydrogen-bond acceptors (Lipinski definition) is 5. The van der Waals surface area contributed by atoms with E-state index in [0.29, 0.717) is 33.1 Å². The van der Waals surface area contributed by atoms with Crippen LogP contribution in [0.3, 0.4) is 0 Å². The standard InChI is InChI=1S/C27H23Cl2NO4S/c1-3-33-24-13-18(8-10-23(24)34-16-20-7-9-21(28)22(29)12-20)14-25-26(31)30(27(32)35-25)15-19-6-4-5-17(2)11-19/h4-14H,3,15-16H2,1-2H3/b25-14+. The first-order chi connectivity index (χ1) is 16.8. The Morgan fingerprint density at radius 2 is 1.74 bits per heavy atom. The Labute approximate surface area is 218 Å². The van der Waals surface area contributed by atoms with Crippen LogP contribution in [0.4, 0.5) is 4.79 Å². The summed E-state index contributed by atoms with van der Waals surface area (Å²) in [6.45, 7) is 4.83. The number of halogens is 2. The van der Waals surface area contributed by atoms with E-state index in [4.69, 9.17) is 32.7 Å². The number of imide groups is 1. The van der Waals surface area contributed by atoms with E-state index >= 15 is 0 Å². The van der Waals surface area contributed by atoms with Crippen molar-refractivity contribution in [1.82, 2.24) is 4.90 Å². The van der Waals surface area contributed by atoms with E-state index in [1.807, 2.05) is 50.2 Å². The Kier molecular flexibility index (Phi) is 8.06. The number of ether oxygens (including phenoxy) is 2. The molecule has 1 saturated heterocycles. The molecule has 3 aromatic rings. The highest BCUT2D eigenvalue weighted by Gasteiger charge is 2.35. The molecule has 35 heavy (non-hydrogen) atoms. The van der Waals surface area contributed by atoms with Gasteiger partial charge in [0.05, 0.1) is 28.1 Å². The summed E-state index contributed by atoms with van der Waals surface area (Å²) in [4.78, 5) is 27.1. The topological polar surface area (TPSA) is 55.8 Å². The van der Waals surface area contributed by atoms with Gasteiger partial charge in [0.15, 0.2) is 11.5 Å². The number of carbonyl (C=O) groups is 2. The molecule has 1 aliphatic rings. The fourth-order valence-electron chi connectivity index (χ4n) is 3.57. The molecule has 2 amide bonds. The molecule has 0 unspecified atom stereocenters. The van der Waals surface area contributed by atoms with Crippen molar-refractivity contribution < 1.29 is 19.1 Å². The van der Waals surface area contributed by atoms with Crippen molar-refractivity contribution in [2.75, 3.05) is 6.61 Å². The maximum absolute atomic E-state index is 12.9. The van der Waals surface area contributed by atoms with Crippen LogP contribution in [0.25, 0.3) is 6.08 Å². The maximum Gasteiger partial charge on any atom is 0.293 e. The van der Waals surface area contributed by atoms with E-state index in [-0.39, 0.29) is 24.3 Å². The lowest BCUT2D eigenvalue weighted by Gasteiger charge is -2.13. The Hall–Kier alpha value is -2.93. The zero-order chi connectivity index (χ0) is 24.9. The van der Waals surface area contributed by atoms with Crippen LogP contribution in [-0.2, 0) is 17.9 Å². The summed E-state index contributed by atoms with van der Waals surface area (Å²) in [5.74, 6) is 0.794. The first-order valence-electron chi connectivity index (χ1n) is 11.0. The predicted octanol–water partition coefficient (Wildman–Crippen LogP) is 7.52. The molecule has 180 valence electrons. The van der Waals surface area contributed by atoms with Gasteiger partial charge in [-0.2, -0.15) is 0 Å². The van der Waals surface area contributed by atoms with Gasteiger partial charge < -0.3 is 9.47 Å². The summed E-state index contributed by atoms with van der Waals surface area (Å²) in [5.41, 5.74) is 3.59. The van der Waals surface area contributed by atoms with Crippen LogP contribution < -0.4 is 9.47 Å². The normalized spacial score (nSPS) is 14.6. The molecule has 1 aliphatic heterocycles. The summed E-state index contributed by atoms with van der Waals surface area (Å²) in [6, 6.07) is 18.5. The molecule has 1 fully saturated rings. The first-order valence-corrected chi connectivity index (χ1v) is 12.6. The summed E-state index contributed by atoms with van der Waals surface area (Å²) in [7, 11) is 0. The lowest BCUT2D eigenvalue weighted by molar-refractivity contribution is -0.123. The number of amides is 2. The van der Waals surface area contributed by atoms with E-state index in [9.17, 15) is 9.59 Å². The van der Waals surface area contributed by atoms with E-state index in [1.54, 1.807) is 30.3 Å². The lowest BCUT2D eigenvalue weighted by atomic mass is 10.1. The molecule has 0 bridgehead atoms. The molecule has 1 heterocycles. The van der Waals surface area contributed by atoms with Gasteiger partial charge >= 0.3 is 0 Å². The molecular formula is C27H23Cl2NO4S. The van der Waals surface area contributed by atoms with Crippen LogP contribution in [0.5, 0.6) is 11.5 Å². The van der Waals surface area contributed by atoms with Crippen LogP contribution in [-0.4, -0.2) is 22.7 Å². The average Bonchev–Trinajstić information content (AvgIpc) is 3.08. The lowest BCUT2D eigenvalue weighted by Crippen LogP contribution is -2.27. The minimum atomic E-state index is -0.306. The minimum Gasteiger partial charge on any atom is -0.490 e. The smallest absolute Gasteiger partial charge is 0.293 e. The summed E-state index contributed by atoms with van der Waals surface area (Å²) >= 11 is 13.0. The van der Waals surface area contributed by atoms with Gasteiger partial charge in [0.2, 0.25) is 0 Å². The van der Waals surface area contributed by atoms with Gasteiger partial charge in [-0.3, -0.25) is 14.5 Å². The molecule has 0 saturated carbocycles. The second-order valence-electron chi connectivity index (χ2n) is 7.93. The summed E-state index contributed by atoms with van der Waals surface area (Å²) < 4.78 is 11.7. The van der Waals surface area contributed by atoms with Crippen LogP contribution in [0, 0.1) is 6.92 Å². The van der Waals surface area contributed by atoms with Crippen molar-refractivity contribution in [2.24, 2.45) is 0 Å². The van der Waals surface area contributed by atoms with Crippen LogP contribution >= 0.6 is 35.0 Å². The van der Waals surface area contributed by atoms with Crippen molar-refractivity contribution >= 4 is 52.2 Å². The Morgan fingerprint density at radius 3 is 2.49 bits per heavy atom. The fourth-order valence-corrected chi connectivity index (χ4v) is 4.73. The molecule has 0 atom stereocenters. The molecule has 0 aromatic heterocycles. The van der Waals surface area contributed by atoms with Crippen molar-refractivity contribution in [1.29, 1.82) is 0 Å². The van der Waals surface area contributed by atoms with Crippen molar-refractivity contribution in [2.45, 2.75) is 27.0 Å². The monoisotopic (exact) mass is 527 g/mol. The van der Waals surface area contributed by atoms with Crippen LogP contribution in [0.1, 0.15) is 29.2 Å². The number of thioether (sulfide) groups is 1. The van der Waals surface area contributed by atoms with Gasteiger partial charge in [-0.05, 0) is 72.6 Å². The molecule has 0 aliphatic carbocycles. The third-order valence-electron chi connectivity index (χ3n) is 5.24. The fraction of sp³-hybridized carbons (Fsp3) is 0.185. The second kappa shape index (κ2) is 11.2. The number of aryl methyl sites for hydroxylation is 1. The predicted molar refractivity (Wildman–Crippen MR) is 141 cm³/mol. The highest BCUT2D eigenvalue weighted by Crippen LogP contribution is 2.36. The van der Waals surface area contributed by atoms with Gasteiger partial charge in [-0.15, -0.1) is 0 Å². The van der Waals surface area contributed by atoms with Crippen LogP contribution in [0.15, 0.2) is 65.6 Å². The molecule has 8 heteroatoms. The zero-order valence-electron chi connectivity index (χ0n) is 19.2. The van der Waals surface area contributed by atoms with Gasteiger partial charge in [-0.25, -0.2) is 0 Å². The molecule has 0 spiro atoms. The third kappa shape index (κ3) is 6.20. The third-order valence-corrected chi connectivity index (χ3v) is 6.89.